The van der Waals surface area contributed by atoms with Gasteiger partial charge in [0.15, 0.2) is 0 Å². The highest BCUT2D eigenvalue weighted by Crippen LogP contribution is 2.35. The van der Waals surface area contributed by atoms with Crippen LogP contribution >= 0.6 is 23.4 Å². The first-order chi connectivity index (χ1) is 15.8. The van der Waals surface area contributed by atoms with Crippen molar-refractivity contribution in [3.63, 3.8) is 0 Å². The number of amides is 2. The Bertz CT molecular complexity index is 1320. The van der Waals surface area contributed by atoms with Crippen molar-refractivity contribution in [3.05, 3.63) is 75.2 Å². The molecule has 0 spiro atoms. The number of carbonyl (C=O) groups excluding carboxylic acids is 3. The van der Waals surface area contributed by atoms with Gasteiger partial charge in [-0.25, -0.2) is 9.59 Å². The fourth-order valence-corrected chi connectivity index (χ4v) is 4.04. The molecule has 1 saturated heterocycles. The zero-order valence-electron chi connectivity index (χ0n) is 16.9. The van der Waals surface area contributed by atoms with Gasteiger partial charge >= 0.3 is 11.9 Å². The molecular weight excluding hydrogens is 474 g/mol. The molecule has 1 N–H and O–H groups in total. The number of halogens is 1. The number of hydrogen-bond acceptors (Lipinski definition) is 8. The maximum atomic E-state index is 12.7. The Labute approximate surface area is 195 Å². The molecule has 9 nitrogen and oxygen atoms in total. The number of benzene rings is 1. The molecule has 0 unspecified atom stereocenters. The van der Waals surface area contributed by atoms with Crippen molar-refractivity contribution in [3.8, 4) is 11.3 Å². The van der Waals surface area contributed by atoms with Crippen LogP contribution in [-0.2, 0) is 16.1 Å². The highest BCUT2D eigenvalue weighted by atomic mass is 35.5. The molecule has 168 valence electrons. The fourth-order valence-electron chi connectivity index (χ4n) is 3.02. The third-order valence-corrected chi connectivity index (χ3v) is 5.85. The fraction of sp³-hybridized carbons (Fsp3) is 0.0909. The maximum absolute atomic E-state index is 12.7. The van der Waals surface area contributed by atoms with E-state index in [-0.39, 0.29) is 33.6 Å². The molecule has 0 atom stereocenters. The maximum Gasteiger partial charge on any atom is 0.373 e. The molecule has 3 heterocycles. The van der Waals surface area contributed by atoms with E-state index < -0.39 is 23.1 Å². The number of methoxy groups -OCH3 is 1. The standard InChI is InChI=1S/C22H14ClNO8S/c1-30-21(28)17-7-4-13(32-17)10-24-19(25)18(33-22(24)29)9-12-3-6-16(31-12)11-2-5-15(23)14(8-11)20(26)27/h2-9H,10H2,1H3,(H,26,27). The van der Waals surface area contributed by atoms with Gasteiger partial charge in [0.25, 0.3) is 11.1 Å². The summed E-state index contributed by atoms with van der Waals surface area (Å²) in [4.78, 5) is 49.0. The molecule has 1 fully saturated rings. The van der Waals surface area contributed by atoms with Gasteiger partial charge in [-0.15, -0.1) is 0 Å². The average molecular weight is 488 g/mol. The van der Waals surface area contributed by atoms with Crippen LogP contribution in [0.4, 0.5) is 4.79 Å². The molecule has 1 aliphatic rings. The van der Waals surface area contributed by atoms with Crippen LogP contribution in [0.5, 0.6) is 0 Å². The minimum absolute atomic E-state index is 0.0358. The predicted octanol–water partition coefficient (Wildman–Crippen LogP) is 4.91. The van der Waals surface area contributed by atoms with E-state index in [1.54, 1.807) is 18.2 Å². The lowest BCUT2D eigenvalue weighted by molar-refractivity contribution is -0.123. The summed E-state index contributed by atoms with van der Waals surface area (Å²) in [5, 5.41) is 8.82. The van der Waals surface area contributed by atoms with Crippen molar-refractivity contribution in [2.75, 3.05) is 7.11 Å². The average Bonchev–Trinajstić information content (AvgIpc) is 3.51. The van der Waals surface area contributed by atoms with E-state index in [1.165, 1.54) is 37.5 Å². The van der Waals surface area contributed by atoms with Crippen LogP contribution in [-0.4, -0.2) is 40.2 Å². The Kier molecular flexibility index (Phi) is 6.12. The monoisotopic (exact) mass is 487 g/mol. The molecule has 2 aromatic heterocycles. The van der Waals surface area contributed by atoms with Crippen LogP contribution in [0.1, 0.15) is 32.4 Å². The SMILES string of the molecule is COC(=O)c1ccc(CN2C(=O)SC(=Cc3ccc(-c4ccc(Cl)c(C(=O)O)c4)o3)C2=O)o1. The topological polar surface area (TPSA) is 127 Å². The number of thioether (sulfide) groups is 1. The van der Waals surface area contributed by atoms with Crippen molar-refractivity contribution in [2.45, 2.75) is 6.54 Å². The summed E-state index contributed by atoms with van der Waals surface area (Å²) in [6, 6.07) is 10.5. The van der Waals surface area contributed by atoms with Crippen LogP contribution in [0.15, 0.2) is 56.2 Å². The molecular formula is C22H14ClNO8S. The number of hydrogen-bond donors (Lipinski definition) is 1. The molecule has 33 heavy (non-hydrogen) atoms. The van der Waals surface area contributed by atoms with Crippen LogP contribution in [0.25, 0.3) is 17.4 Å². The second-order valence-electron chi connectivity index (χ2n) is 6.73. The van der Waals surface area contributed by atoms with Gasteiger partial charge in [-0.3, -0.25) is 14.5 Å². The van der Waals surface area contributed by atoms with Gasteiger partial charge < -0.3 is 18.7 Å². The van der Waals surface area contributed by atoms with Crippen molar-refractivity contribution in [1.29, 1.82) is 0 Å². The number of ether oxygens (including phenoxy) is 1. The lowest BCUT2D eigenvalue weighted by Crippen LogP contribution is -2.27. The van der Waals surface area contributed by atoms with E-state index >= 15 is 0 Å². The predicted molar refractivity (Wildman–Crippen MR) is 118 cm³/mol. The van der Waals surface area contributed by atoms with Gasteiger partial charge in [0, 0.05) is 11.6 Å². The van der Waals surface area contributed by atoms with Crippen molar-refractivity contribution < 1.29 is 37.9 Å². The van der Waals surface area contributed by atoms with Gasteiger partial charge in [0.1, 0.15) is 17.3 Å². The summed E-state index contributed by atoms with van der Waals surface area (Å²) in [5.41, 5.74) is 0.422. The Hall–Kier alpha value is -3.76. The van der Waals surface area contributed by atoms with E-state index in [1.807, 2.05) is 0 Å². The Morgan fingerprint density at radius 2 is 1.94 bits per heavy atom. The molecule has 3 aromatic rings. The largest absolute Gasteiger partial charge is 0.478 e. The van der Waals surface area contributed by atoms with Gasteiger partial charge in [-0.1, -0.05) is 11.6 Å². The number of furan rings is 2. The third kappa shape index (κ3) is 4.57. The van der Waals surface area contributed by atoms with E-state index in [0.717, 1.165) is 16.7 Å². The van der Waals surface area contributed by atoms with Crippen LogP contribution < -0.4 is 0 Å². The number of nitrogens with zero attached hydrogens (tertiary/aromatic N) is 1. The smallest absolute Gasteiger partial charge is 0.373 e. The van der Waals surface area contributed by atoms with E-state index in [2.05, 4.69) is 4.74 Å². The lowest BCUT2D eigenvalue weighted by Gasteiger charge is -2.09. The summed E-state index contributed by atoms with van der Waals surface area (Å²) >= 11 is 6.63. The Morgan fingerprint density at radius 1 is 1.15 bits per heavy atom. The Balaban J connectivity index is 1.52. The number of imide groups is 1. The number of aromatic carboxylic acids is 1. The minimum atomic E-state index is -1.17. The molecule has 0 saturated carbocycles. The summed E-state index contributed by atoms with van der Waals surface area (Å²) in [6.45, 7) is -0.148. The van der Waals surface area contributed by atoms with Crippen molar-refractivity contribution >= 4 is 52.5 Å². The van der Waals surface area contributed by atoms with E-state index in [9.17, 15) is 24.3 Å². The quantitative estimate of drug-likeness (QED) is 0.380. The molecule has 0 bridgehead atoms. The first-order valence-corrected chi connectivity index (χ1v) is 10.5. The van der Waals surface area contributed by atoms with Gasteiger partial charge in [0.2, 0.25) is 5.76 Å². The molecule has 11 heteroatoms. The molecule has 1 aromatic carbocycles. The van der Waals surface area contributed by atoms with Crippen LogP contribution in [0.2, 0.25) is 5.02 Å². The summed E-state index contributed by atoms with van der Waals surface area (Å²) in [6.07, 6.45) is 1.42. The molecule has 4 rings (SSSR count). The number of carboxylic acid groups (broad SMARTS) is 1. The first-order valence-electron chi connectivity index (χ1n) is 9.32. The molecule has 0 radical (unpaired) electrons. The number of carbonyl (C=O) groups is 4. The zero-order valence-corrected chi connectivity index (χ0v) is 18.4. The van der Waals surface area contributed by atoms with Crippen molar-refractivity contribution in [1.82, 2.24) is 4.90 Å². The minimum Gasteiger partial charge on any atom is -0.478 e. The summed E-state index contributed by atoms with van der Waals surface area (Å²) < 4.78 is 15.6. The number of esters is 1. The number of rotatable bonds is 6. The zero-order chi connectivity index (χ0) is 23.7. The normalized spacial score (nSPS) is 14.8. The van der Waals surface area contributed by atoms with E-state index in [0.29, 0.717) is 17.1 Å². The lowest BCUT2D eigenvalue weighted by atomic mass is 10.1. The van der Waals surface area contributed by atoms with Crippen molar-refractivity contribution in [2.24, 2.45) is 0 Å². The summed E-state index contributed by atoms with van der Waals surface area (Å²) in [7, 11) is 1.21. The van der Waals surface area contributed by atoms with E-state index in [4.69, 9.17) is 20.4 Å². The highest BCUT2D eigenvalue weighted by Gasteiger charge is 2.36. The second kappa shape index (κ2) is 9.00. The van der Waals surface area contributed by atoms with Gasteiger partial charge in [-0.05, 0) is 54.2 Å². The summed E-state index contributed by atoms with van der Waals surface area (Å²) in [5.74, 6) is -1.50. The second-order valence-corrected chi connectivity index (χ2v) is 8.13. The van der Waals surface area contributed by atoms with Gasteiger partial charge in [-0.2, -0.15) is 0 Å². The van der Waals surface area contributed by atoms with Gasteiger partial charge in [0.05, 0.1) is 29.1 Å². The molecule has 0 aliphatic carbocycles. The third-order valence-electron chi connectivity index (χ3n) is 4.62. The Morgan fingerprint density at radius 3 is 2.67 bits per heavy atom. The number of carboxylic acids is 1. The first kappa shape index (κ1) is 22.4. The molecule has 2 amide bonds. The van der Waals surface area contributed by atoms with Crippen LogP contribution in [0, 0.1) is 0 Å². The van der Waals surface area contributed by atoms with Crippen LogP contribution in [0.3, 0.4) is 0 Å². The molecule has 1 aliphatic heterocycles. The highest BCUT2D eigenvalue weighted by molar-refractivity contribution is 8.18.